The average molecular weight is 347 g/mol. The van der Waals surface area contributed by atoms with Crippen molar-refractivity contribution in [3.8, 4) is 17.0 Å². The van der Waals surface area contributed by atoms with Crippen LogP contribution < -0.4 is 4.74 Å². The summed E-state index contributed by atoms with van der Waals surface area (Å²) in [7, 11) is 0. The lowest BCUT2D eigenvalue weighted by Gasteiger charge is -2.05. The highest BCUT2D eigenvalue weighted by atomic mass is 35.5. The normalized spacial score (nSPS) is 10.5. The van der Waals surface area contributed by atoms with Crippen LogP contribution in [-0.4, -0.2) is 9.91 Å². The molecule has 3 aromatic rings. The zero-order valence-electron chi connectivity index (χ0n) is 11.8. The predicted octanol–water partition coefficient (Wildman–Crippen LogP) is 4.95. The van der Waals surface area contributed by atoms with E-state index in [1.54, 1.807) is 24.3 Å². The molecular weight excluding hydrogens is 336 g/mol. The van der Waals surface area contributed by atoms with Gasteiger partial charge in [0, 0.05) is 23.1 Å². The van der Waals surface area contributed by atoms with Gasteiger partial charge in [-0.15, -0.1) is 11.3 Å². The molecule has 0 N–H and O–H groups in total. The zero-order valence-corrected chi connectivity index (χ0v) is 13.4. The van der Waals surface area contributed by atoms with E-state index in [0.29, 0.717) is 17.4 Å². The summed E-state index contributed by atoms with van der Waals surface area (Å²) in [5.74, 6) is 0.612. The van der Waals surface area contributed by atoms with E-state index in [4.69, 9.17) is 16.3 Å². The van der Waals surface area contributed by atoms with Crippen molar-refractivity contribution in [1.29, 1.82) is 0 Å². The summed E-state index contributed by atoms with van der Waals surface area (Å²) in [6.45, 7) is 0.321. The summed E-state index contributed by atoms with van der Waals surface area (Å²) in [6, 6.07) is 13.6. The molecule has 2 aromatic carbocycles. The number of nitrogens with zero attached hydrogens (tertiary/aromatic N) is 2. The fraction of sp³-hybridized carbons (Fsp3) is 0.0625. The quantitative estimate of drug-likeness (QED) is 0.484. The molecule has 1 aromatic heterocycles. The van der Waals surface area contributed by atoms with E-state index < -0.39 is 4.92 Å². The number of thiazole rings is 1. The number of nitro groups is 1. The van der Waals surface area contributed by atoms with E-state index in [9.17, 15) is 10.1 Å². The lowest BCUT2D eigenvalue weighted by Crippen LogP contribution is -1.95. The minimum atomic E-state index is -0.423. The van der Waals surface area contributed by atoms with Crippen molar-refractivity contribution in [2.75, 3.05) is 0 Å². The number of hydrogen-bond acceptors (Lipinski definition) is 5. The van der Waals surface area contributed by atoms with Crippen LogP contribution in [0.1, 0.15) is 5.01 Å². The van der Waals surface area contributed by atoms with Gasteiger partial charge in [-0.3, -0.25) is 10.1 Å². The summed E-state index contributed by atoms with van der Waals surface area (Å²) in [6.07, 6.45) is 0. The minimum absolute atomic E-state index is 0.0613. The number of non-ortho nitro benzene ring substituents is 1. The molecule has 1 heterocycles. The van der Waals surface area contributed by atoms with Crippen molar-refractivity contribution in [2.24, 2.45) is 0 Å². The first-order chi connectivity index (χ1) is 11.1. The third-order valence-electron chi connectivity index (χ3n) is 3.11. The highest BCUT2D eigenvalue weighted by Gasteiger charge is 2.09. The molecule has 0 spiro atoms. The predicted molar refractivity (Wildman–Crippen MR) is 90.0 cm³/mol. The molecule has 0 aliphatic heterocycles. The van der Waals surface area contributed by atoms with Crippen LogP contribution in [0.5, 0.6) is 5.75 Å². The summed E-state index contributed by atoms with van der Waals surface area (Å²) >= 11 is 7.50. The van der Waals surface area contributed by atoms with Crippen LogP contribution in [0.4, 0.5) is 5.69 Å². The highest BCUT2D eigenvalue weighted by molar-refractivity contribution is 7.09. The first-order valence-corrected chi connectivity index (χ1v) is 7.96. The number of ether oxygens (including phenoxy) is 1. The average Bonchev–Trinajstić information content (AvgIpc) is 3.03. The molecule has 0 aliphatic rings. The van der Waals surface area contributed by atoms with E-state index in [1.807, 2.05) is 17.5 Å². The summed E-state index contributed by atoms with van der Waals surface area (Å²) < 4.78 is 5.65. The number of para-hydroxylation sites is 1. The van der Waals surface area contributed by atoms with Crippen molar-refractivity contribution in [3.05, 3.63) is 74.1 Å². The Morgan fingerprint density at radius 1 is 1.17 bits per heavy atom. The molecule has 0 radical (unpaired) electrons. The van der Waals surface area contributed by atoms with Crippen LogP contribution in [0.2, 0.25) is 5.02 Å². The Bertz CT molecular complexity index is 833. The van der Waals surface area contributed by atoms with Crippen molar-refractivity contribution in [2.45, 2.75) is 6.61 Å². The summed E-state index contributed by atoms with van der Waals surface area (Å²) in [4.78, 5) is 14.7. The number of halogens is 1. The van der Waals surface area contributed by atoms with E-state index in [-0.39, 0.29) is 5.69 Å². The Balaban J connectivity index is 1.70. The standard InChI is InChI=1S/C16H11ClN2O3S/c17-13-3-1-2-4-15(13)22-9-16-18-14(10-23-16)11-5-7-12(8-6-11)19(20)21/h1-8,10H,9H2. The first kappa shape index (κ1) is 15.5. The number of benzene rings is 2. The molecule has 0 unspecified atom stereocenters. The van der Waals surface area contributed by atoms with Gasteiger partial charge in [0.25, 0.3) is 5.69 Å². The molecule has 0 aliphatic carbocycles. The van der Waals surface area contributed by atoms with Gasteiger partial charge in [-0.1, -0.05) is 23.7 Å². The molecule has 23 heavy (non-hydrogen) atoms. The third kappa shape index (κ3) is 3.67. The van der Waals surface area contributed by atoms with Crippen LogP contribution in [0.3, 0.4) is 0 Å². The molecule has 7 heteroatoms. The van der Waals surface area contributed by atoms with Gasteiger partial charge in [0.05, 0.1) is 15.6 Å². The van der Waals surface area contributed by atoms with Crippen molar-refractivity contribution in [3.63, 3.8) is 0 Å². The van der Waals surface area contributed by atoms with Gasteiger partial charge in [0.15, 0.2) is 0 Å². The maximum atomic E-state index is 10.7. The van der Waals surface area contributed by atoms with E-state index in [0.717, 1.165) is 16.3 Å². The molecule has 0 amide bonds. The van der Waals surface area contributed by atoms with Gasteiger partial charge in [0.2, 0.25) is 0 Å². The van der Waals surface area contributed by atoms with Gasteiger partial charge >= 0.3 is 0 Å². The fourth-order valence-electron chi connectivity index (χ4n) is 1.96. The van der Waals surface area contributed by atoms with Gasteiger partial charge in [-0.05, 0) is 24.3 Å². The van der Waals surface area contributed by atoms with Crippen molar-refractivity contribution < 1.29 is 9.66 Å². The number of nitro benzene ring substituents is 1. The van der Waals surface area contributed by atoms with Crippen LogP contribution in [-0.2, 0) is 6.61 Å². The van der Waals surface area contributed by atoms with Gasteiger partial charge < -0.3 is 4.74 Å². The van der Waals surface area contributed by atoms with Crippen LogP contribution in [0, 0.1) is 10.1 Å². The number of hydrogen-bond donors (Lipinski definition) is 0. The monoisotopic (exact) mass is 346 g/mol. The Hall–Kier alpha value is -2.44. The second kappa shape index (κ2) is 6.76. The molecular formula is C16H11ClN2O3S. The Morgan fingerprint density at radius 3 is 2.61 bits per heavy atom. The molecule has 3 rings (SSSR count). The van der Waals surface area contributed by atoms with E-state index in [2.05, 4.69) is 4.98 Å². The number of rotatable bonds is 5. The largest absolute Gasteiger partial charge is 0.485 e. The van der Waals surface area contributed by atoms with Crippen LogP contribution >= 0.6 is 22.9 Å². The van der Waals surface area contributed by atoms with Gasteiger partial charge in [-0.2, -0.15) is 0 Å². The minimum Gasteiger partial charge on any atom is -0.485 e. The maximum absolute atomic E-state index is 10.7. The molecule has 116 valence electrons. The molecule has 0 fully saturated rings. The summed E-state index contributed by atoms with van der Waals surface area (Å²) in [5, 5.41) is 13.9. The van der Waals surface area contributed by atoms with Crippen LogP contribution in [0.15, 0.2) is 53.9 Å². The Kier molecular flexibility index (Phi) is 4.55. The first-order valence-electron chi connectivity index (χ1n) is 6.70. The second-order valence-corrected chi connectivity index (χ2v) is 6.00. The third-order valence-corrected chi connectivity index (χ3v) is 4.25. The lowest BCUT2D eigenvalue weighted by molar-refractivity contribution is -0.384. The Labute approximate surface area is 141 Å². The van der Waals surface area contributed by atoms with E-state index >= 15 is 0 Å². The number of aromatic nitrogens is 1. The molecule has 0 saturated carbocycles. The highest BCUT2D eigenvalue weighted by Crippen LogP contribution is 2.27. The Morgan fingerprint density at radius 2 is 1.91 bits per heavy atom. The molecule has 0 atom stereocenters. The zero-order chi connectivity index (χ0) is 16.2. The SMILES string of the molecule is O=[N+]([O-])c1ccc(-c2csc(COc3ccccc3Cl)n2)cc1. The summed E-state index contributed by atoms with van der Waals surface area (Å²) in [5.41, 5.74) is 1.66. The van der Waals surface area contributed by atoms with Crippen molar-refractivity contribution >= 4 is 28.6 Å². The maximum Gasteiger partial charge on any atom is 0.269 e. The molecule has 0 saturated heterocycles. The van der Waals surface area contributed by atoms with E-state index in [1.165, 1.54) is 23.5 Å². The van der Waals surface area contributed by atoms with Gasteiger partial charge in [0.1, 0.15) is 17.4 Å². The lowest BCUT2D eigenvalue weighted by atomic mass is 10.1. The fourth-order valence-corrected chi connectivity index (χ4v) is 2.87. The molecule has 5 nitrogen and oxygen atoms in total. The van der Waals surface area contributed by atoms with Gasteiger partial charge in [-0.25, -0.2) is 4.98 Å². The smallest absolute Gasteiger partial charge is 0.269 e. The topological polar surface area (TPSA) is 65.3 Å². The molecule has 0 bridgehead atoms. The van der Waals surface area contributed by atoms with Crippen LogP contribution in [0.25, 0.3) is 11.3 Å². The second-order valence-electron chi connectivity index (χ2n) is 4.65. The van der Waals surface area contributed by atoms with Crippen molar-refractivity contribution in [1.82, 2.24) is 4.98 Å².